The maximum atomic E-state index is 13.7. The molecule has 6 aliphatic rings. The molecule has 2 N–H and O–H groups in total. The summed E-state index contributed by atoms with van der Waals surface area (Å²) in [5.74, 6) is 2.70. The van der Waals surface area contributed by atoms with Crippen molar-refractivity contribution in [2.75, 3.05) is 45.8 Å². The monoisotopic (exact) mass is 424 g/mol. The Kier molecular flexibility index (Phi) is 6.43. The molecule has 6 rings (SSSR count). The van der Waals surface area contributed by atoms with E-state index in [9.17, 15) is 9.59 Å². The maximum Gasteiger partial charge on any atom is 0.242 e. The normalized spacial score (nSPS) is 38.7. The lowest BCUT2D eigenvalue weighted by molar-refractivity contribution is -0.160. The average molecular weight is 425 g/mol. The largest absolute Gasteiger partial charge is 0.353 e. The number of halogens is 1. The fourth-order valence-corrected chi connectivity index (χ4v) is 7.35. The van der Waals surface area contributed by atoms with Gasteiger partial charge in [0.2, 0.25) is 11.8 Å². The van der Waals surface area contributed by atoms with Crippen LogP contribution in [0.25, 0.3) is 0 Å². The van der Waals surface area contributed by atoms with Crippen LogP contribution in [0.2, 0.25) is 0 Å². The van der Waals surface area contributed by atoms with E-state index in [0.29, 0.717) is 12.5 Å². The van der Waals surface area contributed by atoms with Crippen LogP contribution in [0.15, 0.2) is 0 Å². The summed E-state index contributed by atoms with van der Waals surface area (Å²) in [6.07, 6.45) is 9.11. The fourth-order valence-electron chi connectivity index (χ4n) is 7.35. The lowest BCUT2D eigenvalue weighted by atomic mass is 9.49. The van der Waals surface area contributed by atoms with E-state index in [-0.39, 0.29) is 29.8 Å². The summed E-state index contributed by atoms with van der Waals surface area (Å²) in [5, 5.41) is 6.49. The molecule has 4 saturated carbocycles. The maximum absolute atomic E-state index is 13.7. The van der Waals surface area contributed by atoms with Crippen molar-refractivity contribution in [3.05, 3.63) is 0 Å². The molecule has 6 fully saturated rings. The molecule has 6 nitrogen and oxygen atoms in total. The number of likely N-dealkylation sites (tertiary alicyclic amines) is 1. The predicted octanol–water partition coefficient (Wildman–Crippen LogP) is 1.64. The summed E-state index contributed by atoms with van der Waals surface area (Å²) < 4.78 is 0. The Morgan fingerprint density at radius 1 is 0.966 bits per heavy atom. The van der Waals surface area contributed by atoms with Crippen LogP contribution in [0.5, 0.6) is 0 Å². The summed E-state index contributed by atoms with van der Waals surface area (Å²) in [6.45, 7) is 6.54. The molecule has 0 aromatic heterocycles. The molecule has 164 valence electrons. The zero-order valence-electron chi connectivity index (χ0n) is 17.5. The highest BCUT2D eigenvalue weighted by Gasteiger charge is 2.56. The Morgan fingerprint density at radius 3 is 2.21 bits per heavy atom. The third-order valence-electron chi connectivity index (χ3n) is 8.25. The molecule has 4 bridgehead atoms. The molecule has 0 aromatic carbocycles. The molecule has 1 atom stereocenters. The number of nitrogens with zero attached hydrogens (tertiary/aromatic N) is 2. The predicted molar refractivity (Wildman–Crippen MR) is 115 cm³/mol. The number of rotatable bonds is 5. The molecule has 29 heavy (non-hydrogen) atoms. The molecule has 0 aromatic rings. The van der Waals surface area contributed by atoms with Crippen molar-refractivity contribution in [3.8, 4) is 0 Å². The van der Waals surface area contributed by atoms with E-state index in [1.807, 2.05) is 4.90 Å². The first-order valence-corrected chi connectivity index (χ1v) is 11.6. The van der Waals surface area contributed by atoms with Gasteiger partial charge in [-0.1, -0.05) is 0 Å². The number of hydrogen-bond acceptors (Lipinski definition) is 4. The molecule has 0 spiro atoms. The Labute approximate surface area is 180 Å². The van der Waals surface area contributed by atoms with E-state index in [1.54, 1.807) is 0 Å². The van der Waals surface area contributed by atoms with Gasteiger partial charge in [-0.15, -0.1) is 12.4 Å². The van der Waals surface area contributed by atoms with Gasteiger partial charge in [0.25, 0.3) is 0 Å². The van der Waals surface area contributed by atoms with Crippen LogP contribution < -0.4 is 10.6 Å². The number of piperazine rings is 1. The van der Waals surface area contributed by atoms with Crippen molar-refractivity contribution >= 4 is 24.2 Å². The SMILES string of the molecule is Cl.O=C(NCCN1CCNCC1)C1CCCN1C(=O)C12CC3CC(CC(C3)C1)C2. The van der Waals surface area contributed by atoms with Gasteiger partial charge in [0, 0.05) is 45.8 Å². The van der Waals surface area contributed by atoms with Crippen LogP contribution in [0.3, 0.4) is 0 Å². The standard InChI is InChI=1S/C22H36N4O2.ClH/c27-20(24-5-9-25-7-3-23-4-8-25)19-2-1-6-26(19)21(28)22-13-16-10-17(14-22)12-18(11-16)15-22;/h16-19,23H,1-15H2,(H,24,27);1H. The lowest BCUT2D eigenvalue weighted by Gasteiger charge is -2.56. The van der Waals surface area contributed by atoms with E-state index in [4.69, 9.17) is 0 Å². The molecular weight excluding hydrogens is 388 g/mol. The Bertz CT molecular complexity index is 587. The van der Waals surface area contributed by atoms with Gasteiger partial charge in [0.15, 0.2) is 0 Å². The minimum Gasteiger partial charge on any atom is -0.353 e. The minimum absolute atomic E-state index is 0. The molecule has 2 amide bonds. The quantitative estimate of drug-likeness (QED) is 0.704. The van der Waals surface area contributed by atoms with Crippen LogP contribution in [-0.4, -0.2) is 73.5 Å². The van der Waals surface area contributed by atoms with E-state index < -0.39 is 0 Å². The topological polar surface area (TPSA) is 64.7 Å². The molecule has 0 radical (unpaired) electrons. The van der Waals surface area contributed by atoms with Crippen LogP contribution in [0.1, 0.15) is 51.4 Å². The second kappa shape index (κ2) is 8.72. The molecule has 2 aliphatic heterocycles. The zero-order chi connectivity index (χ0) is 19.1. The van der Waals surface area contributed by atoms with Gasteiger partial charge in [-0.05, 0) is 69.1 Å². The van der Waals surface area contributed by atoms with E-state index in [1.165, 1.54) is 19.3 Å². The molecule has 4 aliphatic carbocycles. The molecule has 2 heterocycles. The van der Waals surface area contributed by atoms with Gasteiger partial charge >= 0.3 is 0 Å². The number of carbonyl (C=O) groups is 2. The summed E-state index contributed by atoms with van der Waals surface area (Å²) in [5.41, 5.74) is -0.127. The second-order valence-corrected chi connectivity index (χ2v) is 10.2. The van der Waals surface area contributed by atoms with Gasteiger partial charge in [-0.25, -0.2) is 0 Å². The Balaban J connectivity index is 0.00000205. The van der Waals surface area contributed by atoms with Crippen molar-refractivity contribution in [1.82, 2.24) is 20.4 Å². The number of nitrogens with one attached hydrogen (secondary N) is 2. The summed E-state index contributed by atoms with van der Waals surface area (Å²) >= 11 is 0. The Morgan fingerprint density at radius 2 is 1.59 bits per heavy atom. The Hall–Kier alpha value is -0.850. The van der Waals surface area contributed by atoms with E-state index >= 15 is 0 Å². The van der Waals surface area contributed by atoms with Gasteiger partial charge in [-0.2, -0.15) is 0 Å². The lowest BCUT2D eigenvalue weighted by Crippen LogP contribution is -2.57. The minimum atomic E-state index is -0.233. The highest BCUT2D eigenvalue weighted by Crippen LogP contribution is 2.60. The van der Waals surface area contributed by atoms with Crippen molar-refractivity contribution in [2.24, 2.45) is 23.2 Å². The highest BCUT2D eigenvalue weighted by molar-refractivity contribution is 5.91. The first-order valence-electron chi connectivity index (χ1n) is 11.6. The van der Waals surface area contributed by atoms with Crippen molar-refractivity contribution in [1.29, 1.82) is 0 Å². The summed E-state index contributed by atoms with van der Waals surface area (Å²) in [6, 6.07) is -0.233. The third-order valence-corrected chi connectivity index (χ3v) is 8.25. The van der Waals surface area contributed by atoms with Crippen molar-refractivity contribution < 1.29 is 9.59 Å². The number of carbonyl (C=O) groups excluding carboxylic acids is 2. The molecule has 2 saturated heterocycles. The van der Waals surface area contributed by atoms with E-state index in [2.05, 4.69) is 15.5 Å². The van der Waals surface area contributed by atoms with E-state index in [0.717, 1.165) is 89.1 Å². The first kappa shape index (κ1) is 21.4. The van der Waals surface area contributed by atoms with Crippen LogP contribution in [0, 0.1) is 23.2 Å². The summed E-state index contributed by atoms with van der Waals surface area (Å²) in [4.78, 5) is 30.9. The van der Waals surface area contributed by atoms with Crippen LogP contribution in [-0.2, 0) is 9.59 Å². The zero-order valence-corrected chi connectivity index (χ0v) is 18.4. The summed E-state index contributed by atoms with van der Waals surface area (Å²) in [7, 11) is 0. The number of amides is 2. The first-order chi connectivity index (χ1) is 13.6. The van der Waals surface area contributed by atoms with Crippen molar-refractivity contribution in [2.45, 2.75) is 57.4 Å². The van der Waals surface area contributed by atoms with Crippen molar-refractivity contribution in [3.63, 3.8) is 0 Å². The molecule has 7 heteroatoms. The third kappa shape index (κ3) is 4.17. The van der Waals surface area contributed by atoms with Gasteiger partial charge in [0.1, 0.15) is 6.04 Å². The second-order valence-electron chi connectivity index (χ2n) is 10.2. The van der Waals surface area contributed by atoms with Crippen LogP contribution in [0.4, 0.5) is 0 Å². The van der Waals surface area contributed by atoms with Crippen LogP contribution >= 0.6 is 12.4 Å². The van der Waals surface area contributed by atoms with Gasteiger partial charge in [0.05, 0.1) is 5.41 Å². The smallest absolute Gasteiger partial charge is 0.242 e. The van der Waals surface area contributed by atoms with Gasteiger partial charge < -0.3 is 15.5 Å². The average Bonchev–Trinajstić information content (AvgIpc) is 3.17. The van der Waals surface area contributed by atoms with Gasteiger partial charge in [-0.3, -0.25) is 14.5 Å². The number of hydrogen-bond donors (Lipinski definition) is 2. The fraction of sp³-hybridized carbons (Fsp3) is 0.909. The highest BCUT2D eigenvalue weighted by atomic mass is 35.5. The molecular formula is C22H37ClN4O2. The molecule has 1 unspecified atom stereocenters.